The second-order valence-corrected chi connectivity index (χ2v) is 7.08. The first-order valence-electron chi connectivity index (χ1n) is 9.88. The van der Waals surface area contributed by atoms with Crippen molar-refractivity contribution in [2.24, 2.45) is 0 Å². The number of pyridine rings is 1. The SMILES string of the molecule is CCC1CCCCN1C(=O)c1ccnc(C(=O)NCCc2ccccc2F)c1. The number of benzene rings is 1. The molecule has 0 radical (unpaired) electrons. The lowest BCUT2D eigenvalue weighted by Gasteiger charge is -2.35. The third-order valence-corrected chi connectivity index (χ3v) is 5.24. The fourth-order valence-electron chi connectivity index (χ4n) is 3.65. The Balaban J connectivity index is 1.62. The van der Waals surface area contributed by atoms with Crippen LogP contribution in [0.4, 0.5) is 4.39 Å². The number of amides is 2. The molecule has 28 heavy (non-hydrogen) atoms. The number of nitrogens with one attached hydrogen (secondary N) is 1. The number of hydrogen-bond donors (Lipinski definition) is 1. The molecule has 6 heteroatoms. The number of halogens is 1. The van der Waals surface area contributed by atoms with Crippen molar-refractivity contribution >= 4 is 11.8 Å². The normalized spacial score (nSPS) is 16.6. The maximum atomic E-state index is 13.6. The molecular formula is C22H26FN3O2. The maximum Gasteiger partial charge on any atom is 0.269 e. The quantitative estimate of drug-likeness (QED) is 0.829. The number of aromatic nitrogens is 1. The summed E-state index contributed by atoms with van der Waals surface area (Å²) in [6, 6.07) is 9.95. The first-order chi connectivity index (χ1) is 13.6. The molecule has 0 aliphatic carbocycles. The number of carbonyl (C=O) groups excluding carboxylic acids is 2. The highest BCUT2D eigenvalue weighted by Gasteiger charge is 2.26. The third kappa shape index (κ3) is 4.74. The van der Waals surface area contributed by atoms with Gasteiger partial charge in [-0.05, 0) is 55.9 Å². The summed E-state index contributed by atoms with van der Waals surface area (Å²) in [4.78, 5) is 31.3. The van der Waals surface area contributed by atoms with Gasteiger partial charge in [-0.2, -0.15) is 0 Å². The molecule has 3 rings (SSSR count). The Bertz CT molecular complexity index is 840. The highest BCUT2D eigenvalue weighted by atomic mass is 19.1. The Hall–Kier alpha value is -2.76. The summed E-state index contributed by atoms with van der Waals surface area (Å²) in [5.41, 5.74) is 1.23. The second-order valence-electron chi connectivity index (χ2n) is 7.08. The summed E-state index contributed by atoms with van der Waals surface area (Å²) in [5.74, 6) is -0.694. The van der Waals surface area contributed by atoms with E-state index in [2.05, 4.69) is 17.2 Å². The van der Waals surface area contributed by atoms with Gasteiger partial charge in [-0.15, -0.1) is 0 Å². The van der Waals surface area contributed by atoms with Crippen molar-refractivity contribution < 1.29 is 14.0 Å². The van der Waals surface area contributed by atoms with Crippen molar-refractivity contribution in [3.05, 3.63) is 65.2 Å². The molecular weight excluding hydrogens is 357 g/mol. The number of carbonyl (C=O) groups is 2. The van der Waals surface area contributed by atoms with E-state index in [1.807, 2.05) is 4.90 Å². The standard InChI is InChI=1S/C22H26FN3O2/c1-2-18-8-5-6-14-26(18)22(28)17-11-12-24-20(15-17)21(27)25-13-10-16-7-3-4-9-19(16)23/h3-4,7,9,11-12,15,18H,2,5-6,8,10,13-14H2,1H3,(H,25,27). The minimum atomic E-state index is -0.364. The van der Waals surface area contributed by atoms with Crippen LogP contribution in [0.3, 0.4) is 0 Å². The Morgan fingerprint density at radius 1 is 1.25 bits per heavy atom. The second kappa shape index (κ2) is 9.44. The van der Waals surface area contributed by atoms with Crippen LogP contribution in [0, 0.1) is 5.82 Å². The van der Waals surface area contributed by atoms with Crippen LogP contribution in [0.5, 0.6) is 0 Å². The van der Waals surface area contributed by atoms with E-state index in [1.54, 1.807) is 30.3 Å². The van der Waals surface area contributed by atoms with Gasteiger partial charge in [0.05, 0.1) is 0 Å². The van der Waals surface area contributed by atoms with Gasteiger partial charge in [0.25, 0.3) is 11.8 Å². The molecule has 5 nitrogen and oxygen atoms in total. The predicted octanol–water partition coefficient (Wildman–Crippen LogP) is 3.60. The van der Waals surface area contributed by atoms with Crippen LogP contribution in [-0.2, 0) is 6.42 Å². The van der Waals surface area contributed by atoms with E-state index in [1.165, 1.54) is 12.3 Å². The smallest absolute Gasteiger partial charge is 0.269 e. The first kappa shape index (κ1) is 20.0. The third-order valence-electron chi connectivity index (χ3n) is 5.24. The van der Waals surface area contributed by atoms with Crippen LogP contribution in [0.1, 0.15) is 59.0 Å². The number of rotatable bonds is 6. The number of nitrogens with zero attached hydrogens (tertiary/aromatic N) is 2. The molecule has 1 aliphatic rings. The Kier molecular flexibility index (Phi) is 6.74. The van der Waals surface area contributed by atoms with Crippen LogP contribution in [0.2, 0.25) is 0 Å². The molecule has 148 valence electrons. The fourth-order valence-corrected chi connectivity index (χ4v) is 3.65. The molecule has 1 aliphatic heterocycles. The predicted molar refractivity (Wildman–Crippen MR) is 106 cm³/mol. The van der Waals surface area contributed by atoms with E-state index in [0.29, 0.717) is 24.1 Å². The average molecular weight is 383 g/mol. The summed E-state index contributed by atoms with van der Waals surface area (Å²) in [5, 5.41) is 2.75. The average Bonchev–Trinajstić information content (AvgIpc) is 2.74. The molecule has 1 N–H and O–H groups in total. The zero-order chi connectivity index (χ0) is 19.9. The lowest BCUT2D eigenvalue weighted by molar-refractivity contribution is 0.0608. The van der Waals surface area contributed by atoms with Gasteiger partial charge in [0.2, 0.25) is 0 Å². The summed E-state index contributed by atoms with van der Waals surface area (Å²) in [6.07, 6.45) is 5.99. The van der Waals surface area contributed by atoms with Crippen LogP contribution in [0.25, 0.3) is 0 Å². The van der Waals surface area contributed by atoms with Crippen molar-refractivity contribution in [1.82, 2.24) is 15.2 Å². The maximum absolute atomic E-state index is 13.6. The van der Waals surface area contributed by atoms with E-state index < -0.39 is 0 Å². The van der Waals surface area contributed by atoms with Gasteiger partial charge in [0, 0.05) is 30.9 Å². The molecule has 0 saturated carbocycles. The largest absolute Gasteiger partial charge is 0.350 e. The zero-order valence-corrected chi connectivity index (χ0v) is 16.2. The number of piperidine rings is 1. The molecule has 2 amide bonds. The van der Waals surface area contributed by atoms with E-state index in [9.17, 15) is 14.0 Å². The highest BCUT2D eigenvalue weighted by molar-refractivity contribution is 5.98. The lowest BCUT2D eigenvalue weighted by Crippen LogP contribution is -2.43. The zero-order valence-electron chi connectivity index (χ0n) is 16.2. The van der Waals surface area contributed by atoms with Gasteiger partial charge < -0.3 is 10.2 Å². The molecule has 0 bridgehead atoms. The summed E-state index contributed by atoms with van der Waals surface area (Å²) in [7, 11) is 0. The molecule has 2 aromatic rings. The molecule has 2 heterocycles. The lowest BCUT2D eigenvalue weighted by atomic mass is 9.99. The van der Waals surface area contributed by atoms with Gasteiger partial charge in [-0.25, -0.2) is 4.39 Å². The van der Waals surface area contributed by atoms with Crippen LogP contribution >= 0.6 is 0 Å². The van der Waals surface area contributed by atoms with Crippen LogP contribution in [-0.4, -0.2) is 40.8 Å². The van der Waals surface area contributed by atoms with E-state index in [4.69, 9.17) is 0 Å². The monoisotopic (exact) mass is 383 g/mol. The Labute approximate surface area is 165 Å². The molecule has 0 spiro atoms. The van der Waals surface area contributed by atoms with Crippen molar-refractivity contribution in [3.63, 3.8) is 0 Å². The summed E-state index contributed by atoms with van der Waals surface area (Å²) < 4.78 is 13.6. The van der Waals surface area contributed by atoms with E-state index >= 15 is 0 Å². The first-order valence-corrected chi connectivity index (χ1v) is 9.88. The van der Waals surface area contributed by atoms with E-state index in [0.717, 1.165) is 32.2 Å². The van der Waals surface area contributed by atoms with Gasteiger partial charge in [-0.3, -0.25) is 14.6 Å². The molecule has 1 unspecified atom stereocenters. The molecule has 1 saturated heterocycles. The Morgan fingerprint density at radius 2 is 2.07 bits per heavy atom. The minimum Gasteiger partial charge on any atom is -0.350 e. The van der Waals surface area contributed by atoms with Gasteiger partial charge >= 0.3 is 0 Å². The van der Waals surface area contributed by atoms with Gasteiger partial charge in [-0.1, -0.05) is 25.1 Å². The number of likely N-dealkylation sites (tertiary alicyclic amines) is 1. The van der Waals surface area contributed by atoms with Crippen molar-refractivity contribution in [2.75, 3.05) is 13.1 Å². The van der Waals surface area contributed by atoms with Crippen molar-refractivity contribution in [1.29, 1.82) is 0 Å². The van der Waals surface area contributed by atoms with Crippen molar-refractivity contribution in [3.8, 4) is 0 Å². The topological polar surface area (TPSA) is 62.3 Å². The molecule has 1 fully saturated rings. The number of hydrogen-bond acceptors (Lipinski definition) is 3. The highest BCUT2D eigenvalue weighted by Crippen LogP contribution is 2.22. The van der Waals surface area contributed by atoms with Gasteiger partial charge in [0.1, 0.15) is 11.5 Å². The van der Waals surface area contributed by atoms with Gasteiger partial charge in [0.15, 0.2) is 0 Å². The molecule has 1 aromatic heterocycles. The minimum absolute atomic E-state index is 0.0469. The summed E-state index contributed by atoms with van der Waals surface area (Å²) in [6.45, 7) is 3.14. The van der Waals surface area contributed by atoms with E-state index in [-0.39, 0.29) is 29.4 Å². The molecule has 1 aromatic carbocycles. The molecule has 1 atom stereocenters. The Morgan fingerprint density at radius 3 is 2.86 bits per heavy atom. The fraction of sp³-hybridized carbons (Fsp3) is 0.409. The van der Waals surface area contributed by atoms with Crippen LogP contribution in [0.15, 0.2) is 42.6 Å². The summed E-state index contributed by atoms with van der Waals surface area (Å²) >= 11 is 0. The van der Waals surface area contributed by atoms with Crippen LogP contribution < -0.4 is 5.32 Å². The van der Waals surface area contributed by atoms with Crippen molar-refractivity contribution in [2.45, 2.75) is 45.1 Å².